The summed E-state index contributed by atoms with van der Waals surface area (Å²) in [6.07, 6.45) is 0. The third-order valence-electron chi connectivity index (χ3n) is 4.33. The summed E-state index contributed by atoms with van der Waals surface area (Å²) in [5, 5.41) is 2.88. The summed E-state index contributed by atoms with van der Waals surface area (Å²) in [6, 6.07) is 14.5. The zero-order chi connectivity index (χ0) is 18.5. The van der Waals surface area contributed by atoms with Crippen LogP contribution in [0.25, 0.3) is 0 Å². The van der Waals surface area contributed by atoms with Gasteiger partial charge in [0.1, 0.15) is 0 Å². The Balaban J connectivity index is 1.80. The maximum absolute atomic E-state index is 12.8. The number of benzene rings is 2. The Morgan fingerprint density at radius 2 is 1.77 bits per heavy atom. The summed E-state index contributed by atoms with van der Waals surface area (Å²) >= 11 is 0. The molecule has 136 valence electrons. The number of hydrogen-bond acceptors (Lipinski definition) is 4. The Hall–Kier alpha value is -2.86. The highest BCUT2D eigenvalue weighted by Gasteiger charge is 2.21. The van der Waals surface area contributed by atoms with Gasteiger partial charge < -0.3 is 19.9 Å². The van der Waals surface area contributed by atoms with Crippen molar-refractivity contribution in [3.63, 3.8) is 0 Å². The van der Waals surface area contributed by atoms with Crippen molar-refractivity contribution in [2.45, 2.75) is 0 Å². The molecule has 0 unspecified atom stereocenters. The van der Waals surface area contributed by atoms with Crippen LogP contribution in [-0.4, -0.2) is 57.1 Å². The molecule has 6 nitrogen and oxygen atoms in total. The van der Waals surface area contributed by atoms with Crippen LogP contribution < -0.4 is 10.2 Å². The highest BCUT2D eigenvalue weighted by Crippen LogP contribution is 2.20. The van der Waals surface area contributed by atoms with E-state index in [0.29, 0.717) is 43.1 Å². The molecule has 0 saturated carbocycles. The van der Waals surface area contributed by atoms with Gasteiger partial charge in [-0.2, -0.15) is 0 Å². The zero-order valence-corrected chi connectivity index (χ0v) is 15.1. The molecule has 0 aliphatic carbocycles. The van der Waals surface area contributed by atoms with E-state index in [2.05, 4.69) is 5.32 Å². The average molecular weight is 353 g/mol. The molecular formula is C20H23N3O3. The van der Waals surface area contributed by atoms with Gasteiger partial charge in [-0.1, -0.05) is 18.2 Å². The fraction of sp³-hybridized carbons (Fsp3) is 0.300. The Morgan fingerprint density at radius 3 is 2.50 bits per heavy atom. The standard InChI is InChI=1S/C20H23N3O3/c1-22(2)16-7-5-6-15(14-16)19(24)21-18-9-4-3-8-17(18)20(25)23-10-12-26-13-11-23/h3-9,14H,10-13H2,1-2H3,(H,21,24). The number of hydrogen-bond donors (Lipinski definition) is 1. The molecular weight excluding hydrogens is 330 g/mol. The normalized spacial score (nSPS) is 14.0. The minimum atomic E-state index is -0.240. The molecule has 2 amide bonds. The Kier molecular flexibility index (Phi) is 5.53. The van der Waals surface area contributed by atoms with Crippen LogP contribution >= 0.6 is 0 Å². The number of morpholine rings is 1. The molecule has 2 aromatic carbocycles. The summed E-state index contributed by atoms with van der Waals surface area (Å²) in [7, 11) is 3.85. The van der Waals surface area contributed by atoms with Gasteiger partial charge >= 0.3 is 0 Å². The Labute approximate surface area is 153 Å². The number of nitrogens with one attached hydrogen (secondary N) is 1. The van der Waals surface area contributed by atoms with Crippen molar-refractivity contribution >= 4 is 23.2 Å². The molecule has 2 aromatic rings. The van der Waals surface area contributed by atoms with E-state index in [1.807, 2.05) is 43.3 Å². The molecule has 0 aromatic heterocycles. The van der Waals surface area contributed by atoms with Crippen molar-refractivity contribution in [2.24, 2.45) is 0 Å². The molecule has 1 heterocycles. The van der Waals surface area contributed by atoms with Gasteiger partial charge in [-0.25, -0.2) is 0 Å². The molecule has 1 fully saturated rings. The molecule has 1 saturated heterocycles. The van der Waals surface area contributed by atoms with Crippen LogP contribution in [0, 0.1) is 0 Å². The van der Waals surface area contributed by atoms with E-state index in [1.54, 1.807) is 29.2 Å². The molecule has 26 heavy (non-hydrogen) atoms. The summed E-state index contributed by atoms with van der Waals surface area (Å²) in [5.41, 5.74) is 2.50. The summed E-state index contributed by atoms with van der Waals surface area (Å²) in [6.45, 7) is 2.20. The van der Waals surface area contributed by atoms with Gasteiger partial charge in [0.2, 0.25) is 0 Å². The highest BCUT2D eigenvalue weighted by atomic mass is 16.5. The average Bonchev–Trinajstić information content (AvgIpc) is 2.68. The molecule has 6 heteroatoms. The van der Waals surface area contributed by atoms with E-state index in [4.69, 9.17) is 4.74 Å². The Bertz CT molecular complexity index is 798. The van der Waals surface area contributed by atoms with E-state index < -0.39 is 0 Å². The molecule has 0 atom stereocenters. The minimum Gasteiger partial charge on any atom is -0.378 e. The van der Waals surface area contributed by atoms with Gasteiger partial charge in [0.05, 0.1) is 24.5 Å². The number of amides is 2. The second-order valence-electron chi connectivity index (χ2n) is 6.35. The van der Waals surface area contributed by atoms with Crippen LogP contribution in [0.3, 0.4) is 0 Å². The van der Waals surface area contributed by atoms with Gasteiger partial charge in [-0.3, -0.25) is 9.59 Å². The largest absolute Gasteiger partial charge is 0.378 e. The van der Waals surface area contributed by atoms with E-state index in [1.165, 1.54) is 0 Å². The second-order valence-corrected chi connectivity index (χ2v) is 6.35. The van der Waals surface area contributed by atoms with Gasteiger partial charge in [0.15, 0.2) is 0 Å². The Morgan fingerprint density at radius 1 is 1.04 bits per heavy atom. The minimum absolute atomic E-state index is 0.0914. The van der Waals surface area contributed by atoms with Crippen LogP contribution in [0.2, 0.25) is 0 Å². The van der Waals surface area contributed by atoms with Crippen LogP contribution in [0.5, 0.6) is 0 Å². The molecule has 0 spiro atoms. The maximum atomic E-state index is 12.8. The lowest BCUT2D eigenvalue weighted by atomic mass is 10.1. The number of para-hydroxylation sites is 1. The van der Waals surface area contributed by atoms with Gasteiger partial charge in [-0.05, 0) is 30.3 Å². The number of ether oxygens (including phenoxy) is 1. The fourth-order valence-corrected chi connectivity index (χ4v) is 2.84. The van der Waals surface area contributed by atoms with E-state index in [-0.39, 0.29) is 11.8 Å². The predicted octanol–water partition coefficient (Wildman–Crippen LogP) is 2.48. The first kappa shape index (κ1) is 17.9. The third kappa shape index (κ3) is 4.03. The lowest BCUT2D eigenvalue weighted by Crippen LogP contribution is -2.41. The zero-order valence-electron chi connectivity index (χ0n) is 15.1. The summed E-state index contributed by atoms with van der Waals surface area (Å²) < 4.78 is 5.30. The molecule has 3 rings (SSSR count). The molecule has 1 aliphatic heterocycles. The van der Waals surface area contributed by atoms with Gasteiger partial charge in [-0.15, -0.1) is 0 Å². The maximum Gasteiger partial charge on any atom is 0.256 e. The first-order valence-electron chi connectivity index (χ1n) is 8.61. The van der Waals surface area contributed by atoms with Crippen molar-refractivity contribution < 1.29 is 14.3 Å². The molecule has 0 bridgehead atoms. The molecule has 1 N–H and O–H groups in total. The first-order chi connectivity index (χ1) is 12.6. The number of carbonyl (C=O) groups is 2. The number of rotatable bonds is 4. The van der Waals surface area contributed by atoms with Crippen LogP contribution in [0.4, 0.5) is 11.4 Å². The van der Waals surface area contributed by atoms with Crippen molar-refractivity contribution in [2.75, 3.05) is 50.6 Å². The van der Waals surface area contributed by atoms with Crippen molar-refractivity contribution in [1.29, 1.82) is 0 Å². The van der Waals surface area contributed by atoms with Crippen LogP contribution in [0.1, 0.15) is 20.7 Å². The van der Waals surface area contributed by atoms with E-state index in [0.717, 1.165) is 5.69 Å². The van der Waals surface area contributed by atoms with Crippen molar-refractivity contribution in [3.05, 3.63) is 59.7 Å². The summed E-state index contributed by atoms with van der Waals surface area (Å²) in [5.74, 6) is -0.331. The highest BCUT2D eigenvalue weighted by molar-refractivity contribution is 6.09. The van der Waals surface area contributed by atoms with Crippen molar-refractivity contribution in [3.8, 4) is 0 Å². The van der Waals surface area contributed by atoms with Crippen molar-refractivity contribution in [1.82, 2.24) is 4.90 Å². The van der Waals surface area contributed by atoms with Crippen LogP contribution in [0.15, 0.2) is 48.5 Å². The summed E-state index contributed by atoms with van der Waals surface area (Å²) in [4.78, 5) is 29.1. The van der Waals surface area contributed by atoms with Crippen LogP contribution in [-0.2, 0) is 4.74 Å². The molecule has 0 radical (unpaired) electrons. The second kappa shape index (κ2) is 8.01. The smallest absolute Gasteiger partial charge is 0.256 e. The number of anilines is 2. The lowest BCUT2D eigenvalue weighted by molar-refractivity contribution is 0.0303. The monoisotopic (exact) mass is 353 g/mol. The van der Waals surface area contributed by atoms with E-state index in [9.17, 15) is 9.59 Å². The number of nitrogens with zero attached hydrogens (tertiary/aromatic N) is 2. The number of carbonyl (C=O) groups excluding carboxylic acids is 2. The predicted molar refractivity (Wildman–Crippen MR) is 102 cm³/mol. The lowest BCUT2D eigenvalue weighted by Gasteiger charge is -2.27. The topological polar surface area (TPSA) is 61.9 Å². The quantitative estimate of drug-likeness (QED) is 0.917. The van der Waals surface area contributed by atoms with Gasteiger partial charge in [0.25, 0.3) is 11.8 Å². The SMILES string of the molecule is CN(C)c1cccc(C(=O)Nc2ccccc2C(=O)N2CCOCC2)c1. The van der Waals surface area contributed by atoms with Gasteiger partial charge in [0, 0.05) is 38.4 Å². The van der Waals surface area contributed by atoms with E-state index >= 15 is 0 Å². The fourth-order valence-electron chi connectivity index (χ4n) is 2.84. The third-order valence-corrected chi connectivity index (χ3v) is 4.33. The molecule has 1 aliphatic rings. The first-order valence-corrected chi connectivity index (χ1v) is 8.61.